The van der Waals surface area contributed by atoms with Gasteiger partial charge in [0.1, 0.15) is 0 Å². The molecule has 2 fully saturated rings. The molecule has 0 aromatic carbocycles. The maximum absolute atomic E-state index is 12.2. The fourth-order valence-corrected chi connectivity index (χ4v) is 3.11. The van der Waals surface area contributed by atoms with Gasteiger partial charge in [-0.05, 0) is 45.4 Å². The number of nitrogens with zero attached hydrogens (tertiary/aromatic N) is 1. The predicted octanol–water partition coefficient (Wildman–Crippen LogP) is 1.96. The summed E-state index contributed by atoms with van der Waals surface area (Å²) in [4.78, 5) is 14.1. The number of hydrogen-bond donors (Lipinski definition) is 1. The molecule has 3 unspecified atom stereocenters. The lowest BCUT2D eigenvalue weighted by Gasteiger charge is -2.34. The first-order chi connectivity index (χ1) is 9.16. The molecule has 0 spiro atoms. The van der Waals surface area contributed by atoms with E-state index in [2.05, 4.69) is 0 Å². The van der Waals surface area contributed by atoms with Crippen LogP contribution in [0.5, 0.6) is 0 Å². The third-order valence-electron chi connectivity index (χ3n) is 4.45. The number of piperidine rings is 1. The summed E-state index contributed by atoms with van der Waals surface area (Å²) < 4.78 is 5.66. The largest absolute Gasteiger partial charge is 0.393 e. The molecular formula is C15H27NO3. The second-order valence-corrected chi connectivity index (χ2v) is 6.01. The molecular weight excluding hydrogens is 242 g/mol. The van der Waals surface area contributed by atoms with Gasteiger partial charge < -0.3 is 14.7 Å². The molecule has 0 aromatic rings. The maximum atomic E-state index is 12.2. The predicted molar refractivity (Wildman–Crippen MR) is 73.8 cm³/mol. The van der Waals surface area contributed by atoms with Crippen LogP contribution in [0, 0.1) is 5.92 Å². The van der Waals surface area contributed by atoms with Crippen LogP contribution in [0.4, 0.5) is 0 Å². The van der Waals surface area contributed by atoms with Crippen LogP contribution in [0.15, 0.2) is 0 Å². The quantitative estimate of drug-likeness (QED) is 0.848. The molecule has 3 atom stereocenters. The Kier molecular flexibility index (Phi) is 5.64. The minimum Gasteiger partial charge on any atom is -0.393 e. The van der Waals surface area contributed by atoms with Gasteiger partial charge in [0.15, 0.2) is 0 Å². The third-order valence-corrected chi connectivity index (χ3v) is 4.45. The highest BCUT2D eigenvalue weighted by Crippen LogP contribution is 2.22. The average molecular weight is 269 g/mol. The van der Waals surface area contributed by atoms with Gasteiger partial charge in [-0.1, -0.05) is 0 Å². The van der Waals surface area contributed by atoms with Crippen LogP contribution in [-0.2, 0) is 9.53 Å². The smallest absolute Gasteiger partial charge is 0.222 e. The van der Waals surface area contributed by atoms with Crippen molar-refractivity contribution in [3.63, 3.8) is 0 Å². The van der Waals surface area contributed by atoms with Gasteiger partial charge in [-0.25, -0.2) is 0 Å². The summed E-state index contributed by atoms with van der Waals surface area (Å²) in [5.41, 5.74) is 0. The lowest BCUT2D eigenvalue weighted by Crippen LogP contribution is -2.43. The monoisotopic (exact) mass is 269 g/mol. The fraction of sp³-hybridized carbons (Fsp3) is 0.933. The molecule has 19 heavy (non-hydrogen) atoms. The number of rotatable bonds is 4. The SMILES string of the molecule is CC(O)C1CCCN(C(=O)CCC2CCCCO2)C1. The fourth-order valence-electron chi connectivity index (χ4n) is 3.11. The molecule has 1 N–H and O–H groups in total. The molecule has 2 aliphatic heterocycles. The Labute approximate surface area is 116 Å². The molecule has 4 nitrogen and oxygen atoms in total. The Morgan fingerprint density at radius 1 is 1.37 bits per heavy atom. The van der Waals surface area contributed by atoms with E-state index < -0.39 is 0 Å². The number of carbonyl (C=O) groups is 1. The van der Waals surface area contributed by atoms with E-state index in [1.807, 2.05) is 11.8 Å². The molecule has 2 aliphatic rings. The molecule has 4 heteroatoms. The summed E-state index contributed by atoms with van der Waals surface area (Å²) in [6.45, 7) is 4.26. The molecule has 0 bridgehead atoms. The summed E-state index contributed by atoms with van der Waals surface area (Å²) in [5.74, 6) is 0.489. The van der Waals surface area contributed by atoms with Gasteiger partial charge in [0.25, 0.3) is 0 Å². The topological polar surface area (TPSA) is 49.8 Å². The Hall–Kier alpha value is -0.610. The number of carbonyl (C=O) groups excluding carboxylic acids is 1. The molecule has 0 saturated carbocycles. The van der Waals surface area contributed by atoms with Gasteiger partial charge in [-0.3, -0.25) is 4.79 Å². The van der Waals surface area contributed by atoms with E-state index in [9.17, 15) is 9.90 Å². The lowest BCUT2D eigenvalue weighted by molar-refractivity contribution is -0.134. The molecule has 2 heterocycles. The second kappa shape index (κ2) is 7.25. The van der Waals surface area contributed by atoms with Crippen LogP contribution in [0.1, 0.15) is 51.9 Å². The molecule has 2 saturated heterocycles. The Balaban J connectivity index is 1.72. The van der Waals surface area contributed by atoms with Crippen molar-refractivity contribution in [3.05, 3.63) is 0 Å². The number of hydrogen-bond acceptors (Lipinski definition) is 3. The third kappa shape index (κ3) is 4.46. The minimum absolute atomic E-state index is 0.236. The van der Waals surface area contributed by atoms with Crippen molar-refractivity contribution < 1.29 is 14.6 Å². The molecule has 0 aliphatic carbocycles. The van der Waals surface area contributed by atoms with Crippen molar-refractivity contribution in [1.29, 1.82) is 0 Å². The Morgan fingerprint density at radius 2 is 2.21 bits per heavy atom. The number of likely N-dealkylation sites (tertiary alicyclic amines) is 1. The second-order valence-electron chi connectivity index (χ2n) is 6.01. The number of ether oxygens (including phenoxy) is 1. The van der Waals surface area contributed by atoms with Gasteiger partial charge in [-0.15, -0.1) is 0 Å². The molecule has 0 aromatic heterocycles. The van der Waals surface area contributed by atoms with E-state index in [4.69, 9.17) is 4.74 Å². The van der Waals surface area contributed by atoms with Crippen molar-refractivity contribution in [2.24, 2.45) is 5.92 Å². The van der Waals surface area contributed by atoms with Crippen molar-refractivity contribution in [2.75, 3.05) is 19.7 Å². The van der Waals surface area contributed by atoms with Crippen LogP contribution < -0.4 is 0 Å². The Morgan fingerprint density at radius 3 is 2.89 bits per heavy atom. The number of aliphatic hydroxyl groups excluding tert-OH is 1. The first-order valence-electron chi connectivity index (χ1n) is 7.74. The highest BCUT2D eigenvalue weighted by atomic mass is 16.5. The number of aliphatic hydroxyl groups is 1. The lowest BCUT2D eigenvalue weighted by atomic mass is 9.93. The zero-order valence-corrected chi connectivity index (χ0v) is 12.0. The summed E-state index contributed by atoms with van der Waals surface area (Å²) >= 11 is 0. The zero-order valence-electron chi connectivity index (χ0n) is 12.0. The van der Waals surface area contributed by atoms with Crippen LogP contribution in [0.25, 0.3) is 0 Å². The van der Waals surface area contributed by atoms with Gasteiger partial charge in [0.2, 0.25) is 5.91 Å². The van der Waals surface area contributed by atoms with Crippen LogP contribution in [-0.4, -0.2) is 47.8 Å². The zero-order chi connectivity index (χ0) is 13.7. The van der Waals surface area contributed by atoms with Gasteiger partial charge in [0.05, 0.1) is 12.2 Å². The van der Waals surface area contributed by atoms with E-state index in [0.717, 1.165) is 51.8 Å². The van der Waals surface area contributed by atoms with Crippen LogP contribution in [0.2, 0.25) is 0 Å². The first kappa shape index (κ1) is 14.8. The summed E-state index contributed by atoms with van der Waals surface area (Å²) in [5, 5.41) is 9.65. The van der Waals surface area contributed by atoms with Crippen molar-refractivity contribution >= 4 is 5.91 Å². The Bertz CT molecular complexity index is 287. The van der Waals surface area contributed by atoms with E-state index in [1.54, 1.807) is 0 Å². The molecule has 110 valence electrons. The maximum Gasteiger partial charge on any atom is 0.222 e. The van der Waals surface area contributed by atoms with E-state index in [0.29, 0.717) is 6.42 Å². The summed E-state index contributed by atoms with van der Waals surface area (Å²) in [6, 6.07) is 0. The standard InChI is InChI=1S/C15H27NO3/c1-12(17)13-5-4-9-16(11-13)15(18)8-7-14-6-2-3-10-19-14/h12-14,17H,2-11H2,1H3. The van der Waals surface area contributed by atoms with Crippen molar-refractivity contribution in [3.8, 4) is 0 Å². The van der Waals surface area contributed by atoms with Crippen molar-refractivity contribution in [1.82, 2.24) is 4.90 Å². The first-order valence-corrected chi connectivity index (χ1v) is 7.74. The van der Waals surface area contributed by atoms with E-state index in [-0.39, 0.29) is 24.0 Å². The molecule has 1 amide bonds. The molecule has 0 radical (unpaired) electrons. The van der Waals surface area contributed by atoms with Gasteiger partial charge in [-0.2, -0.15) is 0 Å². The van der Waals surface area contributed by atoms with Gasteiger partial charge >= 0.3 is 0 Å². The normalized spacial score (nSPS) is 30.1. The van der Waals surface area contributed by atoms with E-state index in [1.165, 1.54) is 6.42 Å². The average Bonchev–Trinajstić information content (AvgIpc) is 2.46. The molecule has 2 rings (SSSR count). The summed E-state index contributed by atoms with van der Waals surface area (Å²) in [6.07, 6.45) is 6.97. The highest BCUT2D eigenvalue weighted by Gasteiger charge is 2.26. The van der Waals surface area contributed by atoms with E-state index >= 15 is 0 Å². The number of amides is 1. The van der Waals surface area contributed by atoms with Crippen LogP contribution >= 0.6 is 0 Å². The highest BCUT2D eigenvalue weighted by molar-refractivity contribution is 5.76. The van der Waals surface area contributed by atoms with Gasteiger partial charge in [0, 0.05) is 32.0 Å². The summed E-state index contributed by atoms with van der Waals surface area (Å²) in [7, 11) is 0. The van der Waals surface area contributed by atoms with Crippen LogP contribution in [0.3, 0.4) is 0 Å². The van der Waals surface area contributed by atoms with Crippen molar-refractivity contribution in [2.45, 2.75) is 64.1 Å². The minimum atomic E-state index is -0.308.